The lowest BCUT2D eigenvalue weighted by atomic mass is 9.83. The molecule has 1 heterocycles. The van der Waals surface area contributed by atoms with Crippen molar-refractivity contribution in [3.05, 3.63) is 29.5 Å². The van der Waals surface area contributed by atoms with Crippen LogP contribution in [0, 0.1) is 12.3 Å². The van der Waals surface area contributed by atoms with Gasteiger partial charge in [0.1, 0.15) is 0 Å². The van der Waals surface area contributed by atoms with E-state index in [1.165, 1.54) is 0 Å². The number of nitrogens with one attached hydrogen (secondary N) is 2. The molecule has 2 saturated carbocycles. The van der Waals surface area contributed by atoms with Gasteiger partial charge in [0, 0.05) is 23.3 Å². The van der Waals surface area contributed by atoms with Gasteiger partial charge >= 0.3 is 0 Å². The third kappa shape index (κ3) is 2.23. The van der Waals surface area contributed by atoms with Crippen LogP contribution in [0.1, 0.15) is 48.0 Å². The molecule has 122 valence electrons. The zero-order valence-corrected chi connectivity index (χ0v) is 13.0. The first kappa shape index (κ1) is 14.6. The Morgan fingerprint density at radius 3 is 2.70 bits per heavy atom. The Hall–Kier alpha value is -1.98. The van der Waals surface area contributed by atoms with E-state index in [0.717, 1.165) is 16.5 Å². The van der Waals surface area contributed by atoms with Crippen LogP contribution >= 0.6 is 0 Å². The second-order valence-electron chi connectivity index (χ2n) is 7.00. The second kappa shape index (κ2) is 4.76. The average Bonchev–Trinajstić information content (AvgIpc) is 2.86. The first-order chi connectivity index (χ1) is 10.9. The highest BCUT2D eigenvalue weighted by Gasteiger charge is 2.70. The van der Waals surface area contributed by atoms with Gasteiger partial charge in [0.25, 0.3) is 11.8 Å². The van der Waals surface area contributed by atoms with Gasteiger partial charge in [-0.15, -0.1) is 0 Å². The number of nitrogens with zero attached hydrogens (tertiary/aromatic N) is 1. The number of aryl methyl sites for hydroxylation is 1. The molecule has 4 nitrogen and oxygen atoms in total. The Morgan fingerprint density at radius 2 is 2.04 bits per heavy atom. The molecule has 0 unspecified atom stereocenters. The average molecular weight is 319 g/mol. The number of hydrogen-bond acceptors (Lipinski definition) is 2. The van der Waals surface area contributed by atoms with Crippen LogP contribution in [0.4, 0.5) is 8.78 Å². The molecule has 0 radical (unpaired) electrons. The second-order valence-corrected chi connectivity index (χ2v) is 7.00. The molecule has 1 amide bonds. The summed E-state index contributed by atoms with van der Waals surface area (Å²) in [5.41, 5.74) is 1.56. The third-order valence-electron chi connectivity index (χ3n) is 5.55. The molecule has 4 rings (SSSR count). The predicted octanol–water partition coefficient (Wildman–Crippen LogP) is 3.57. The van der Waals surface area contributed by atoms with Crippen molar-refractivity contribution in [1.82, 2.24) is 15.5 Å². The number of halogens is 2. The van der Waals surface area contributed by atoms with E-state index >= 15 is 0 Å². The first-order valence-electron chi connectivity index (χ1n) is 8.03. The van der Waals surface area contributed by atoms with E-state index in [9.17, 15) is 13.6 Å². The summed E-state index contributed by atoms with van der Waals surface area (Å²) in [5.74, 6) is -2.63. The fourth-order valence-electron chi connectivity index (χ4n) is 3.92. The van der Waals surface area contributed by atoms with Gasteiger partial charge in [-0.2, -0.15) is 5.10 Å². The van der Waals surface area contributed by atoms with E-state index in [1.54, 1.807) is 6.20 Å². The van der Waals surface area contributed by atoms with Gasteiger partial charge in [-0.3, -0.25) is 9.89 Å². The highest BCUT2D eigenvalue weighted by molar-refractivity contribution is 6.07. The van der Waals surface area contributed by atoms with Crippen molar-refractivity contribution in [3.8, 4) is 0 Å². The van der Waals surface area contributed by atoms with E-state index < -0.39 is 11.3 Å². The van der Waals surface area contributed by atoms with Gasteiger partial charge in [0.05, 0.1) is 17.3 Å². The smallest absolute Gasteiger partial charge is 0.254 e. The maximum Gasteiger partial charge on any atom is 0.254 e. The first-order valence-corrected chi connectivity index (χ1v) is 8.03. The van der Waals surface area contributed by atoms with E-state index in [2.05, 4.69) is 15.5 Å². The van der Waals surface area contributed by atoms with Gasteiger partial charge in [-0.05, 0) is 44.2 Å². The Labute approximate surface area is 132 Å². The summed E-state index contributed by atoms with van der Waals surface area (Å²) >= 11 is 0. The molecule has 23 heavy (non-hydrogen) atoms. The summed E-state index contributed by atoms with van der Waals surface area (Å²) in [6, 6.07) is 3.76. The SMILES string of the molecule is Cc1ccc2[nH]ncc2c1C(=O)NC1CCC2(CC1)CC2(F)F. The van der Waals surface area contributed by atoms with Crippen LogP contribution in [0.25, 0.3) is 10.9 Å². The van der Waals surface area contributed by atoms with Crippen LogP contribution in [-0.2, 0) is 0 Å². The Balaban J connectivity index is 1.48. The highest BCUT2D eigenvalue weighted by Crippen LogP contribution is 2.67. The largest absolute Gasteiger partial charge is 0.349 e. The number of aromatic nitrogens is 2. The summed E-state index contributed by atoms with van der Waals surface area (Å²) in [5, 5.41) is 10.7. The summed E-state index contributed by atoms with van der Waals surface area (Å²) in [6.07, 6.45) is 3.93. The zero-order valence-electron chi connectivity index (χ0n) is 13.0. The van der Waals surface area contributed by atoms with E-state index in [0.29, 0.717) is 31.2 Å². The number of carbonyl (C=O) groups excluding carboxylic acids is 1. The van der Waals surface area contributed by atoms with Gasteiger partial charge in [0.2, 0.25) is 0 Å². The summed E-state index contributed by atoms with van der Waals surface area (Å²) in [7, 11) is 0. The van der Waals surface area contributed by atoms with Crippen molar-refractivity contribution in [1.29, 1.82) is 0 Å². The fourth-order valence-corrected chi connectivity index (χ4v) is 3.92. The van der Waals surface area contributed by atoms with E-state index in [4.69, 9.17) is 0 Å². The van der Waals surface area contributed by atoms with Crippen LogP contribution in [0.5, 0.6) is 0 Å². The van der Waals surface area contributed by atoms with Crippen molar-refractivity contribution < 1.29 is 13.6 Å². The molecule has 1 aromatic carbocycles. The van der Waals surface area contributed by atoms with Crippen molar-refractivity contribution >= 4 is 16.8 Å². The molecule has 1 aromatic heterocycles. The summed E-state index contributed by atoms with van der Waals surface area (Å²) in [4.78, 5) is 12.6. The molecule has 2 aromatic rings. The number of hydrogen-bond donors (Lipinski definition) is 2. The van der Waals surface area contributed by atoms with E-state index in [-0.39, 0.29) is 18.4 Å². The van der Waals surface area contributed by atoms with Gasteiger partial charge < -0.3 is 5.32 Å². The van der Waals surface area contributed by atoms with Crippen LogP contribution in [-0.4, -0.2) is 28.1 Å². The van der Waals surface area contributed by atoms with Gasteiger partial charge in [-0.1, -0.05) is 6.07 Å². The minimum Gasteiger partial charge on any atom is -0.349 e. The Morgan fingerprint density at radius 1 is 1.35 bits per heavy atom. The lowest BCUT2D eigenvalue weighted by Gasteiger charge is -2.29. The maximum absolute atomic E-state index is 13.4. The Kier molecular flexibility index (Phi) is 3.02. The van der Waals surface area contributed by atoms with Crippen molar-refractivity contribution in [2.45, 2.75) is 51.0 Å². The normalized spacial score (nSPS) is 28.9. The minimum absolute atomic E-state index is 0.0219. The number of alkyl halides is 2. The number of amides is 1. The lowest BCUT2D eigenvalue weighted by molar-refractivity contribution is 0.0435. The van der Waals surface area contributed by atoms with Crippen molar-refractivity contribution in [3.63, 3.8) is 0 Å². The molecule has 2 N–H and O–H groups in total. The molecule has 0 saturated heterocycles. The predicted molar refractivity (Wildman–Crippen MR) is 82.5 cm³/mol. The molecule has 2 aliphatic carbocycles. The molecule has 0 aliphatic heterocycles. The number of benzene rings is 1. The summed E-state index contributed by atoms with van der Waals surface area (Å²) < 4.78 is 26.8. The van der Waals surface area contributed by atoms with Crippen LogP contribution in [0.15, 0.2) is 18.3 Å². The molecule has 2 fully saturated rings. The van der Waals surface area contributed by atoms with E-state index in [1.807, 2.05) is 19.1 Å². The standard InChI is InChI=1S/C17H19F2N3O/c1-10-2-3-13-12(8-20-22-13)14(10)15(23)21-11-4-6-16(7-5-11)9-17(16,18)19/h2-3,8,11H,4-7,9H2,1H3,(H,20,22)(H,21,23). The quantitative estimate of drug-likeness (QED) is 0.889. The molecule has 6 heteroatoms. The number of fused-ring (bicyclic) bond motifs is 1. The molecule has 2 aliphatic rings. The maximum atomic E-state index is 13.4. The zero-order chi connectivity index (χ0) is 16.2. The number of H-pyrrole nitrogens is 1. The molecular formula is C17H19F2N3O. The molecular weight excluding hydrogens is 300 g/mol. The van der Waals surface area contributed by atoms with Gasteiger partial charge in [-0.25, -0.2) is 8.78 Å². The molecule has 0 bridgehead atoms. The van der Waals surface area contributed by atoms with Crippen LogP contribution in [0.3, 0.4) is 0 Å². The number of aromatic amines is 1. The lowest BCUT2D eigenvalue weighted by Crippen LogP contribution is -2.39. The topological polar surface area (TPSA) is 57.8 Å². The van der Waals surface area contributed by atoms with Crippen LogP contribution in [0.2, 0.25) is 0 Å². The van der Waals surface area contributed by atoms with Crippen LogP contribution < -0.4 is 5.32 Å². The summed E-state index contributed by atoms with van der Waals surface area (Å²) in [6.45, 7) is 1.89. The third-order valence-corrected chi connectivity index (χ3v) is 5.55. The van der Waals surface area contributed by atoms with Crippen molar-refractivity contribution in [2.75, 3.05) is 0 Å². The molecule has 0 atom stereocenters. The Bertz CT molecular complexity index is 775. The number of rotatable bonds is 2. The van der Waals surface area contributed by atoms with Gasteiger partial charge in [0.15, 0.2) is 0 Å². The number of carbonyl (C=O) groups is 1. The minimum atomic E-state index is -2.49. The fraction of sp³-hybridized carbons (Fsp3) is 0.529. The molecule has 1 spiro atoms. The monoisotopic (exact) mass is 319 g/mol. The van der Waals surface area contributed by atoms with Crippen molar-refractivity contribution in [2.24, 2.45) is 5.41 Å². The highest BCUT2D eigenvalue weighted by atomic mass is 19.3.